The lowest BCUT2D eigenvalue weighted by Crippen LogP contribution is -2.30. The van der Waals surface area contributed by atoms with Gasteiger partial charge in [-0.15, -0.1) is 0 Å². The number of ether oxygens (including phenoxy) is 3. The summed E-state index contributed by atoms with van der Waals surface area (Å²) in [6.45, 7) is 9.04. The summed E-state index contributed by atoms with van der Waals surface area (Å²) in [5.74, 6) is -0.0125. The van der Waals surface area contributed by atoms with Crippen LogP contribution in [0.25, 0.3) is 0 Å². The molecule has 0 saturated carbocycles. The number of hydrogen-bond donors (Lipinski definition) is 0. The first-order chi connectivity index (χ1) is 30.4. The molecule has 0 heterocycles. The van der Waals surface area contributed by atoms with E-state index in [0.717, 1.165) is 63.7 Å². The number of rotatable bonds is 51. The van der Waals surface area contributed by atoms with Crippen molar-refractivity contribution in [2.45, 2.75) is 323 Å². The van der Waals surface area contributed by atoms with Gasteiger partial charge in [-0.1, -0.05) is 278 Å². The Morgan fingerprint density at radius 3 is 0.790 bits per heavy atom. The minimum Gasteiger partial charge on any atom is -0.462 e. The van der Waals surface area contributed by atoms with E-state index in [2.05, 4.69) is 27.7 Å². The highest BCUT2D eigenvalue weighted by molar-refractivity contribution is 5.71. The number of carbonyl (C=O) groups excluding carboxylic acids is 3. The maximum atomic E-state index is 12.8. The molecule has 0 aliphatic rings. The molecular weight excluding hydrogens is 769 g/mol. The van der Waals surface area contributed by atoms with Crippen LogP contribution in [0, 0.1) is 5.92 Å². The fraction of sp³-hybridized carbons (Fsp3) is 0.946. The maximum Gasteiger partial charge on any atom is 0.306 e. The van der Waals surface area contributed by atoms with Gasteiger partial charge in [0, 0.05) is 19.3 Å². The van der Waals surface area contributed by atoms with Gasteiger partial charge >= 0.3 is 17.9 Å². The Morgan fingerprint density at radius 1 is 0.306 bits per heavy atom. The zero-order valence-corrected chi connectivity index (χ0v) is 42.3. The predicted octanol–water partition coefficient (Wildman–Crippen LogP) is 18.2. The third kappa shape index (κ3) is 49.4. The van der Waals surface area contributed by atoms with Gasteiger partial charge in [0.05, 0.1) is 0 Å². The zero-order chi connectivity index (χ0) is 45.2. The predicted molar refractivity (Wildman–Crippen MR) is 266 cm³/mol. The number of esters is 3. The van der Waals surface area contributed by atoms with E-state index in [9.17, 15) is 14.4 Å². The molecular formula is C56H108O6. The molecule has 0 fully saturated rings. The Bertz CT molecular complexity index is 933. The summed E-state index contributed by atoms with van der Waals surface area (Å²) < 4.78 is 16.9. The average Bonchev–Trinajstić information content (AvgIpc) is 3.26. The minimum atomic E-state index is -0.761. The largest absolute Gasteiger partial charge is 0.462 e. The van der Waals surface area contributed by atoms with Crippen molar-refractivity contribution in [2.24, 2.45) is 5.92 Å². The second-order valence-electron chi connectivity index (χ2n) is 19.7. The van der Waals surface area contributed by atoms with E-state index in [1.807, 2.05) is 0 Å². The van der Waals surface area contributed by atoms with Crippen molar-refractivity contribution in [1.29, 1.82) is 0 Å². The molecule has 6 nitrogen and oxygen atoms in total. The molecule has 0 aromatic heterocycles. The molecule has 0 saturated heterocycles. The highest BCUT2D eigenvalue weighted by Crippen LogP contribution is 2.18. The van der Waals surface area contributed by atoms with Crippen molar-refractivity contribution in [1.82, 2.24) is 0 Å². The molecule has 0 aromatic rings. The highest BCUT2D eigenvalue weighted by atomic mass is 16.6. The monoisotopic (exact) mass is 877 g/mol. The molecule has 6 heteroatoms. The van der Waals surface area contributed by atoms with Crippen LogP contribution < -0.4 is 0 Å². The Morgan fingerprint density at radius 2 is 0.532 bits per heavy atom. The highest BCUT2D eigenvalue weighted by Gasteiger charge is 2.19. The van der Waals surface area contributed by atoms with Crippen molar-refractivity contribution in [2.75, 3.05) is 13.2 Å². The van der Waals surface area contributed by atoms with E-state index in [4.69, 9.17) is 14.2 Å². The average molecular weight is 877 g/mol. The van der Waals surface area contributed by atoms with Crippen molar-refractivity contribution in [3.63, 3.8) is 0 Å². The fourth-order valence-corrected chi connectivity index (χ4v) is 8.57. The molecule has 0 bridgehead atoms. The molecule has 62 heavy (non-hydrogen) atoms. The molecule has 368 valence electrons. The van der Waals surface area contributed by atoms with E-state index in [1.54, 1.807) is 0 Å². The first-order valence-corrected chi connectivity index (χ1v) is 27.9. The molecule has 0 N–H and O–H groups in total. The van der Waals surface area contributed by atoms with Crippen LogP contribution >= 0.6 is 0 Å². The Labute approximate surface area is 387 Å². The van der Waals surface area contributed by atoms with Crippen LogP contribution in [0.15, 0.2) is 0 Å². The molecule has 0 rings (SSSR count). The van der Waals surface area contributed by atoms with Crippen LogP contribution in [0.4, 0.5) is 0 Å². The Kier molecular flexibility index (Phi) is 49.1. The van der Waals surface area contributed by atoms with Crippen LogP contribution in [0.2, 0.25) is 0 Å². The molecule has 1 atom stereocenters. The first kappa shape index (κ1) is 60.4. The maximum absolute atomic E-state index is 12.8. The summed E-state index contributed by atoms with van der Waals surface area (Å²) in [5.41, 5.74) is 0. The van der Waals surface area contributed by atoms with Crippen molar-refractivity contribution in [3.8, 4) is 0 Å². The van der Waals surface area contributed by atoms with Gasteiger partial charge in [0.1, 0.15) is 13.2 Å². The van der Waals surface area contributed by atoms with Gasteiger partial charge in [-0.2, -0.15) is 0 Å². The van der Waals surface area contributed by atoms with Crippen molar-refractivity contribution >= 4 is 17.9 Å². The third-order valence-corrected chi connectivity index (χ3v) is 12.8. The minimum absolute atomic E-state index is 0.0622. The smallest absolute Gasteiger partial charge is 0.306 e. The van der Waals surface area contributed by atoms with Gasteiger partial charge in [0.25, 0.3) is 0 Å². The topological polar surface area (TPSA) is 78.9 Å². The van der Waals surface area contributed by atoms with Gasteiger partial charge in [-0.3, -0.25) is 14.4 Å². The second-order valence-corrected chi connectivity index (χ2v) is 19.7. The van der Waals surface area contributed by atoms with Crippen molar-refractivity contribution in [3.05, 3.63) is 0 Å². The summed E-state index contributed by atoms with van der Waals surface area (Å²) >= 11 is 0. The van der Waals surface area contributed by atoms with E-state index >= 15 is 0 Å². The van der Waals surface area contributed by atoms with Gasteiger partial charge < -0.3 is 14.2 Å². The zero-order valence-electron chi connectivity index (χ0n) is 42.3. The van der Waals surface area contributed by atoms with Crippen molar-refractivity contribution < 1.29 is 28.6 Å². The number of hydrogen-bond acceptors (Lipinski definition) is 6. The quantitative estimate of drug-likeness (QED) is 0.0344. The second kappa shape index (κ2) is 50.4. The fourth-order valence-electron chi connectivity index (χ4n) is 8.57. The normalized spacial score (nSPS) is 12.0. The van der Waals surface area contributed by atoms with Gasteiger partial charge in [0.15, 0.2) is 6.10 Å². The van der Waals surface area contributed by atoms with Gasteiger partial charge in [0.2, 0.25) is 0 Å². The lowest BCUT2D eigenvalue weighted by Gasteiger charge is -2.18. The lowest BCUT2D eigenvalue weighted by molar-refractivity contribution is -0.167. The Hall–Kier alpha value is -1.59. The van der Waals surface area contributed by atoms with Crippen LogP contribution in [-0.2, 0) is 28.6 Å². The van der Waals surface area contributed by atoms with E-state index in [1.165, 1.54) is 212 Å². The summed E-state index contributed by atoms with van der Waals surface area (Å²) in [5, 5.41) is 0. The van der Waals surface area contributed by atoms with Gasteiger partial charge in [-0.25, -0.2) is 0 Å². The molecule has 0 amide bonds. The van der Waals surface area contributed by atoms with E-state index in [0.29, 0.717) is 19.3 Å². The number of carbonyl (C=O) groups is 3. The summed E-state index contributed by atoms with van der Waals surface area (Å²) in [6.07, 6.45) is 53.8. The van der Waals surface area contributed by atoms with Crippen LogP contribution in [0.3, 0.4) is 0 Å². The SMILES string of the molecule is CCCCCCCCCCCCCCCCCCCCC(=O)OC[C@H](COC(=O)CCCCCCCCCCCCCC(C)C)OC(=O)CCCCCCCCCCCCCC. The lowest BCUT2D eigenvalue weighted by atomic mass is 10.0. The van der Waals surface area contributed by atoms with Gasteiger partial charge in [-0.05, 0) is 25.2 Å². The molecule has 0 aromatic carbocycles. The molecule has 0 unspecified atom stereocenters. The summed E-state index contributed by atoms with van der Waals surface area (Å²) in [4.78, 5) is 38.0. The van der Waals surface area contributed by atoms with Crippen LogP contribution in [-0.4, -0.2) is 37.2 Å². The van der Waals surface area contributed by atoms with E-state index in [-0.39, 0.29) is 31.1 Å². The Balaban J connectivity index is 4.26. The summed E-state index contributed by atoms with van der Waals surface area (Å²) in [7, 11) is 0. The first-order valence-electron chi connectivity index (χ1n) is 27.9. The molecule has 0 radical (unpaired) electrons. The standard InChI is InChI=1S/C56H108O6/c1-5-7-9-11-13-15-17-19-20-21-22-23-24-28-31-35-39-43-47-54(57)60-50-53(62-56(59)49-45-41-37-33-27-18-16-14-12-10-8-6-2)51-61-55(58)48-44-40-36-32-29-25-26-30-34-38-42-46-52(3)4/h52-53H,5-51H2,1-4H3/t53-/m1/s1. The van der Waals surface area contributed by atoms with E-state index < -0.39 is 6.10 Å². The summed E-state index contributed by atoms with van der Waals surface area (Å²) in [6, 6.07) is 0. The molecule has 0 spiro atoms. The molecule has 0 aliphatic carbocycles. The molecule has 0 aliphatic heterocycles. The van der Waals surface area contributed by atoms with Crippen LogP contribution in [0.1, 0.15) is 317 Å². The number of unbranched alkanes of at least 4 members (excludes halogenated alkanes) is 38. The van der Waals surface area contributed by atoms with Crippen LogP contribution in [0.5, 0.6) is 0 Å². The third-order valence-electron chi connectivity index (χ3n) is 12.8.